The van der Waals surface area contributed by atoms with Crippen molar-refractivity contribution in [2.24, 2.45) is 23.7 Å². The van der Waals surface area contributed by atoms with Crippen molar-refractivity contribution < 1.29 is 0 Å². The Bertz CT molecular complexity index is 246. The first kappa shape index (κ1) is 10.7. The largest absolute Gasteiger partial charge is 0.391 e. The molecule has 0 aromatic carbocycles. The van der Waals surface area contributed by atoms with E-state index in [2.05, 4.69) is 17.6 Å². The number of allylic oxidation sites excluding steroid dienone is 1. The third-order valence-electron chi connectivity index (χ3n) is 5.23. The SMILES string of the molecule is C1=CC(C2CCCC2)C(C2CCCC2)CN1. The monoisotopic (exact) mass is 219 g/mol. The normalized spacial score (nSPS) is 36.8. The van der Waals surface area contributed by atoms with Gasteiger partial charge in [-0.05, 0) is 42.7 Å². The molecule has 3 aliphatic rings. The maximum atomic E-state index is 3.48. The van der Waals surface area contributed by atoms with Crippen molar-refractivity contribution in [3.05, 3.63) is 12.3 Å². The zero-order valence-electron chi connectivity index (χ0n) is 10.3. The molecule has 2 fully saturated rings. The van der Waals surface area contributed by atoms with Crippen molar-refractivity contribution in [3.8, 4) is 0 Å². The third-order valence-corrected chi connectivity index (χ3v) is 5.23. The van der Waals surface area contributed by atoms with E-state index in [0.29, 0.717) is 0 Å². The molecule has 16 heavy (non-hydrogen) atoms. The molecule has 3 rings (SSSR count). The topological polar surface area (TPSA) is 12.0 Å². The standard InChI is InChI=1S/C15H25N/c1-2-6-12(5-1)14-9-10-16-11-15(14)13-7-3-4-8-13/h9-10,12-16H,1-8,11H2. The molecule has 0 amide bonds. The maximum Gasteiger partial charge on any atom is 0.0178 e. The summed E-state index contributed by atoms with van der Waals surface area (Å²) in [6.45, 7) is 1.25. The van der Waals surface area contributed by atoms with Crippen molar-refractivity contribution in [2.45, 2.75) is 51.4 Å². The van der Waals surface area contributed by atoms with Gasteiger partial charge in [-0.1, -0.05) is 44.6 Å². The summed E-state index contributed by atoms with van der Waals surface area (Å²) in [6.07, 6.45) is 16.7. The fourth-order valence-corrected chi connectivity index (χ4v) is 4.38. The minimum absolute atomic E-state index is 0.909. The summed E-state index contributed by atoms with van der Waals surface area (Å²) in [5, 5.41) is 3.48. The lowest BCUT2D eigenvalue weighted by molar-refractivity contribution is 0.193. The molecule has 2 saturated carbocycles. The van der Waals surface area contributed by atoms with Crippen LogP contribution in [-0.2, 0) is 0 Å². The summed E-state index contributed by atoms with van der Waals surface area (Å²) in [5.74, 6) is 3.91. The van der Waals surface area contributed by atoms with E-state index in [1.807, 2.05) is 0 Å². The molecule has 1 heteroatoms. The Balaban J connectivity index is 1.71. The highest BCUT2D eigenvalue weighted by Crippen LogP contribution is 2.43. The number of rotatable bonds is 2. The predicted molar refractivity (Wildman–Crippen MR) is 68.0 cm³/mol. The van der Waals surface area contributed by atoms with Gasteiger partial charge in [-0.25, -0.2) is 0 Å². The van der Waals surface area contributed by atoms with Crippen LogP contribution in [0.25, 0.3) is 0 Å². The third kappa shape index (κ3) is 2.01. The average Bonchev–Trinajstić information content (AvgIpc) is 3.03. The summed E-state index contributed by atoms with van der Waals surface area (Å²) in [5.41, 5.74) is 0. The highest BCUT2D eigenvalue weighted by Gasteiger charge is 2.36. The predicted octanol–water partition coefficient (Wildman–Crippen LogP) is 3.72. The molecule has 0 aromatic rings. The van der Waals surface area contributed by atoms with Gasteiger partial charge in [-0.15, -0.1) is 0 Å². The van der Waals surface area contributed by atoms with Gasteiger partial charge in [0.05, 0.1) is 0 Å². The lowest BCUT2D eigenvalue weighted by Crippen LogP contribution is -2.36. The fourth-order valence-electron chi connectivity index (χ4n) is 4.38. The minimum Gasteiger partial charge on any atom is -0.391 e. The van der Waals surface area contributed by atoms with E-state index in [-0.39, 0.29) is 0 Å². The molecule has 0 aromatic heterocycles. The molecular weight excluding hydrogens is 194 g/mol. The van der Waals surface area contributed by atoms with Crippen molar-refractivity contribution in [3.63, 3.8) is 0 Å². The van der Waals surface area contributed by atoms with E-state index in [1.54, 1.807) is 0 Å². The van der Waals surface area contributed by atoms with Gasteiger partial charge in [0.2, 0.25) is 0 Å². The Hall–Kier alpha value is -0.460. The van der Waals surface area contributed by atoms with Crippen LogP contribution in [0.1, 0.15) is 51.4 Å². The Morgan fingerprint density at radius 2 is 1.44 bits per heavy atom. The molecule has 90 valence electrons. The highest BCUT2D eigenvalue weighted by atomic mass is 14.9. The molecule has 1 nitrogen and oxygen atoms in total. The summed E-state index contributed by atoms with van der Waals surface area (Å²) >= 11 is 0. The summed E-state index contributed by atoms with van der Waals surface area (Å²) in [7, 11) is 0. The summed E-state index contributed by atoms with van der Waals surface area (Å²) in [6, 6.07) is 0. The second-order valence-corrected chi connectivity index (χ2v) is 6.10. The maximum absolute atomic E-state index is 3.48. The van der Waals surface area contributed by atoms with Crippen LogP contribution in [0.2, 0.25) is 0 Å². The molecule has 1 aliphatic heterocycles. The van der Waals surface area contributed by atoms with E-state index in [0.717, 1.165) is 23.7 Å². The Morgan fingerprint density at radius 3 is 2.12 bits per heavy atom. The van der Waals surface area contributed by atoms with Crippen molar-refractivity contribution in [1.29, 1.82) is 0 Å². The van der Waals surface area contributed by atoms with Crippen LogP contribution < -0.4 is 5.32 Å². The van der Waals surface area contributed by atoms with Crippen LogP contribution in [-0.4, -0.2) is 6.54 Å². The van der Waals surface area contributed by atoms with Gasteiger partial charge in [0, 0.05) is 6.54 Å². The molecule has 0 bridgehead atoms. The Labute approximate surface area is 99.7 Å². The van der Waals surface area contributed by atoms with Crippen LogP contribution in [0, 0.1) is 23.7 Å². The van der Waals surface area contributed by atoms with Crippen LogP contribution in [0.15, 0.2) is 12.3 Å². The quantitative estimate of drug-likeness (QED) is 0.746. The van der Waals surface area contributed by atoms with Crippen molar-refractivity contribution in [1.82, 2.24) is 5.32 Å². The number of hydrogen-bond acceptors (Lipinski definition) is 1. The Kier molecular flexibility index (Phi) is 3.21. The highest BCUT2D eigenvalue weighted by molar-refractivity contribution is 5.02. The fraction of sp³-hybridized carbons (Fsp3) is 0.867. The van der Waals surface area contributed by atoms with Crippen molar-refractivity contribution in [2.75, 3.05) is 6.54 Å². The first-order chi connectivity index (χ1) is 7.95. The van der Waals surface area contributed by atoms with E-state index < -0.39 is 0 Å². The molecule has 1 heterocycles. The van der Waals surface area contributed by atoms with Gasteiger partial charge in [0.1, 0.15) is 0 Å². The molecule has 2 unspecified atom stereocenters. The average molecular weight is 219 g/mol. The van der Waals surface area contributed by atoms with Gasteiger partial charge in [-0.2, -0.15) is 0 Å². The molecular formula is C15H25N. The molecule has 0 saturated heterocycles. The van der Waals surface area contributed by atoms with Crippen LogP contribution >= 0.6 is 0 Å². The van der Waals surface area contributed by atoms with E-state index in [1.165, 1.54) is 57.9 Å². The van der Waals surface area contributed by atoms with Crippen LogP contribution in [0.5, 0.6) is 0 Å². The molecule has 2 aliphatic carbocycles. The van der Waals surface area contributed by atoms with E-state index >= 15 is 0 Å². The first-order valence-corrected chi connectivity index (χ1v) is 7.35. The molecule has 1 N–H and O–H groups in total. The number of hydrogen-bond donors (Lipinski definition) is 1. The second kappa shape index (κ2) is 4.81. The molecule has 2 atom stereocenters. The van der Waals surface area contributed by atoms with E-state index in [9.17, 15) is 0 Å². The summed E-state index contributed by atoms with van der Waals surface area (Å²) < 4.78 is 0. The van der Waals surface area contributed by atoms with Crippen LogP contribution in [0.3, 0.4) is 0 Å². The van der Waals surface area contributed by atoms with Crippen molar-refractivity contribution >= 4 is 0 Å². The summed E-state index contributed by atoms with van der Waals surface area (Å²) in [4.78, 5) is 0. The first-order valence-electron chi connectivity index (χ1n) is 7.35. The van der Waals surface area contributed by atoms with Gasteiger partial charge < -0.3 is 5.32 Å². The lowest BCUT2D eigenvalue weighted by atomic mass is 9.72. The lowest BCUT2D eigenvalue weighted by Gasteiger charge is -2.36. The zero-order valence-corrected chi connectivity index (χ0v) is 10.3. The van der Waals surface area contributed by atoms with Gasteiger partial charge in [-0.3, -0.25) is 0 Å². The van der Waals surface area contributed by atoms with Crippen LogP contribution in [0.4, 0.5) is 0 Å². The zero-order chi connectivity index (χ0) is 10.8. The van der Waals surface area contributed by atoms with E-state index in [4.69, 9.17) is 0 Å². The smallest absolute Gasteiger partial charge is 0.0178 e. The van der Waals surface area contributed by atoms with Gasteiger partial charge in [0.25, 0.3) is 0 Å². The second-order valence-electron chi connectivity index (χ2n) is 6.10. The van der Waals surface area contributed by atoms with Gasteiger partial charge in [0.15, 0.2) is 0 Å². The molecule has 0 radical (unpaired) electrons. The van der Waals surface area contributed by atoms with Gasteiger partial charge >= 0.3 is 0 Å². The Morgan fingerprint density at radius 1 is 0.812 bits per heavy atom. The minimum atomic E-state index is 0.909. The number of nitrogens with one attached hydrogen (secondary N) is 1. The molecule has 0 spiro atoms.